The van der Waals surface area contributed by atoms with Crippen molar-refractivity contribution in [3.8, 4) is 0 Å². The largest absolute Gasteiger partial charge is 0.397 e. The maximum atomic E-state index is 6.00. The second-order valence-corrected chi connectivity index (χ2v) is 4.96. The first-order valence-corrected chi connectivity index (χ1v) is 6.34. The predicted octanol–water partition coefficient (Wildman–Crippen LogP) is 4.20. The fourth-order valence-electron chi connectivity index (χ4n) is 1.85. The van der Waals surface area contributed by atoms with Crippen molar-refractivity contribution >= 4 is 51.2 Å². The Morgan fingerprint density at radius 2 is 1.95 bits per heavy atom. The molecule has 19 heavy (non-hydrogen) atoms. The number of nitrogens with one attached hydrogen (secondary N) is 2. The molecular formula is C13H10Cl2N4. The number of rotatable bonds is 2. The van der Waals surface area contributed by atoms with Gasteiger partial charge in [-0.25, -0.2) is 0 Å². The molecule has 0 aliphatic heterocycles. The number of hydrogen-bond donors (Lipinski definition) is 3. The van der Waals surface area contributed by atoms with Crippen LogP contribution in [0.25, 0.3) is 10.9 Å². The molecule has 4 nitrogen and oxygen atoms in total. The number of H-pyrrole nitrogens is 1. The highest BCUT2D eigenvalue weighted by atomic mass is 35.5. The SMILES string of the molecule is Nc1cc2cn[nH]c2cc1Nc1ccc(Cl)c(Cl)c1. The normalized spacial score (nSPS) is 10.8. The molecule has 0 amide bonds. The zero-order valence-corrected chi connectivity index (χ0v) is 11.3. The van der Waals surface area contributed by atoms with E-state index in [9.17, 15) is 0 Å². The van der Waals surface area contributed by atoms with Crippen LogP contribution >= 0.6 is 23.2 Å². The van der Waals surface area contributed by atoms with Crippen LogP contribution < -0.4 is 11.1 Å². The molecule has 0 radical (unpaired) electrons. The molecule has 3 rings (SSSR count). The van der Waals surface area contributed by atoms with Crippen LogP contribution in [0.4, 0.5) is 17.1 Å². The first kappa shape index (κ1) is 12.1. The van der Waals surface area contributed by atoms with Crippen molar-refractivity contribution in [2.45, 2.75) is 0 Å². The number of halogens is 2. The minimum absolute atomic E-state index is 0.493. The van der Waals surface area contributed by atoms with Crippen LogP contribution in [0.3, 0.4) is 0 Å². The Hall–Kier alpha value is -1.91. The van der Waals surface area contributed by atoms with Gasteiger partial charge in [0.05, 0.1) is 33.1 Å². The van der Waals surface area contributed by atoms with Gasteiger partial charge in [-0.3, -0.25) is 5.10 Å². The van der Waals surface area contributed by atoms with Gasteiger partial charge in [-0.05, 0) is 30.3 Å². The molecule has 0 atom stereocenters. The van der Waals surface area contributed by atoms with E-state index in [0.717, 1.165) is 22.3 Å². The van der Waals surface area contributed by atoms with Crippen molar-refractivity contribution in [3.05, 3.63) is 46.6 Å². The number of nitrogens with two attached hydrogens (primary N) is 1. The van der Waals surface area contributed by atoms with Gasteiger partial charge in [-0.2, -0.15) is 5.10 Å². The summed E-state index contributed by atoms with van der Waals surface area (Å²) < 4.78 is 0. The minimum Gasteiger partial charge on any atom is -0.397 e. The number of fused-ring (bicyclic) bond motifs is 1. The van der Waals surface area contributed by atoms with Crippen LogP contribution in [0.5, 0.6) is 0 Å². The Labute approximate surface area is 119 Å². The lowest BCUT2D eigenvalue weighted by molar-refractivity contribution is 1.12. The van der Waals surface area contributed by atoms with Crippen molar-refractivity contribution in [1.29, 1.82) is 0 Å². The summed E-state index contributed by atoms with van der Waals surface area (Å²) in [5.41, 5.74) is 9.16. The molecule has 0 fully saturated rings. The van der Waals surface area contributed by atoms with Crippen molar-refractivity contribution in [2.75, 3.05) is 11.1 Å². The van der Waals surface area contributed by atoms with Crippen LogP contribution in [0.1, 0.15) is 0 Å². The van der Waals surface area contributed by atoms with Crippen molar-refractivity contribution in [1.82, 2.24) is 10.2 Å². The topological polar surface area (TPSA) is 66.7 Å². The average Bonchev–Trinajstić information content (AvgIpc) is 2.81. The quantitative estimate of drug-likeness (QED) is 0.620. The highest BCUT2D eigenvalue weighted by molar-refractivity contribution is 6.42. The number of aromatic amines is 1. The lowest BCUT2D eigenvalue weighted by Gasteiger charge is -2.10. The molecule has 1 aromatic heterocycles. The van der Waals surface area contributed by atoms with E-state index >= 15 is 0 Å². The van der Waals surface area contributed by atoms with Crippen LogP contribution in [-0.2, 0) is 0 Å². The molecule has 3 aromatic rings. The highest BCUT2D eigenvalue weighted by Crippen LogP contribution is 2.30. The summed E-state index contributed by atoms with van der Waals surface area (Å²) in [6.07, 6.45) is 1.73. The van der Waals surface area contributed by atoms with E-state index < -0.39 is 0 Å². The third-order valence-electron chi connectivity index (χ3n) is 2.81. The monoisotopic (exact) mass is 292 g/mol. The van der Waals surface area contributed by atoms with Gasteiger partial charge >= 0.3 is 0 Å². The van der Waals surface area contributed by atoms with Crippen molar-refractivity contribution in [3.63, 3.8) is 0 Å². The number of aromatic nitrogens is 2. The molecule has 0 bridgehead atoms. The lowest BCUT2D eigenvalue weighted by Crippen LogP contribution is -1.96. The lowest BCUT2D eigenvalue weighted by atomic mass is 10.2. The Morgan fingerprint density at radius 1 is 1.11 bits per heavy atom. The van der Waals surface area contributed by atoms with Gasteiger partial charge in [-0.15, -0.1) is 0 Å². The van der Waals surface area contributed by atoms with Crippen LogP contribution in [0, 0.1) is 0 Å². The molecule has 1 heterocycles. The smallest absolute Gasteiger partial charge is 0.0672 e. The van der Waals surface area contributed by atoms with Crippen molar-refractivity contribution in [2.24, 2.45) is 0 Å². The predicted molar refractivity (Wildman–Crippen MR) is 80.3 cm³/mol. The number of benzene rings is 2. The van der Waals surface area contributed by atoms with Gasteiger partial charge in [-0.1, -0.05) is 23.2 Å². The van der Waals surface area contributed by atoms with E-state index in [2.05, 4.69) is 15.5 Å². The molecule has 0 aliphatic carbocycles. The van der Waals surface area contributed by atoms with Gasteiger partial charge in [0.1, 0.15) is 0 Å². The molecule has 0 saturated carbocycles. The molecule has 96 valence electrons. The van der Waals surface area contributed by atoms with Crippen molar-refractivity contribution < 1.29 is 0 Å². The van der Waals surface area contributed by atoms with E-state index in [1.165, 1.54) is 0 Å². The third kappa shape index (κ3) is 2.32. The summed E-state index contributed by atoms with van der Waals surface area (Å²) in [6, 6.07) is 9.08. The molecule has 0 saturated heterocycles. The standard InChI is InChI=1S/C13H10Cl2N4/c14-9-2-1-8(4-10(9)15)18-13-5-12-7(3-11(13)16)6-17-19-12/h1-6,18H,16H2,(H,17,19). The third-order valence-corrected chi connectivity index (χ3v) is 3.55. The number of nitrogens with zero attached hydrogens (tertiary/aromatic N) is 1. The molecule has 0 aliphatic rings. The summed E-state index contributed by atoms with van der Waals surface area (Å²) >= 11 is 11.9. The molecule has 6 heteroatoms. The van der Waals surface area contributed by atoms with Gasteiger partial charge < -0.3 is 11.1 Å². The fraction of sp³-hybridized carbons (Fsp3) is 0. The van der Waals surface area contributed by atoms with Gasteiger partial charge in [0.2, 0.25) is 0 Å². The molecule has 2 aromatic carbocycles. The Bertz CT molecular complexity index is 751. The average molecular weight is 293 g/mol. The number of hydrogen-bond acceptors (Lipinski definition) is 3. The Morgan fingerprint density at radius 3 is 2.74 bits per heavy atom. The molecular weight excluding hydrogens is 283 g/mol. The van der Waals surface area contributed by atoms with E-state index in [1.807, 2.05) is 18.2 Å². The van der Waals surface area contributed by atoms with E-state index in [-0.39, 0.29) is 0 Å². The van der Waals surface area contributed by atoms with E-state index in [4.69, 9.17) is 28.9 Å². The second-order valence-electron chi connectivity index (χ2n) is 4.15. The maximum Gasteiger partial charge on any atom is 0.0672 e. The number of nitrogen functional groups attached to an aromatic ring is 1. The summed E-state index contributed by atoms with van der Waals surface area (Å²) in [4.78, 5) is 0. The van der Waals surface area contributed by atoms with Gasteiger partial charge in [0, 0.05) is 11.1 Å². The van der Waals surface area contributed by atoms with Gasteiger partial charge in [0.25, 0.3) is 0 Å². The van der Waals surface area contributed by atoms with Gasteiger partial charge in [0.15, 0.2) is 0 Å². The minimum atomic E-state index is 0.493. The Balaban J connectivity index is 1.99. The summed E-state index contributed by atoms with van der Waals surface area (Å²) in [6.45, 7) is 0. The Kier molecular flexibility index (Phi) is 2.97. The molecule has 0 unspecified atom stereocenters. The summed E-state index contributed by atoms with van der Waals surface area (Å²) in [7, 11) is 0. The van der Waals surface area contributed by atoms with Crippen LogP contribution in [0.15, 0.2) is 36.5 Å². The molecule has 0 spiro atoms. The van der Waals surface area contributed by atoms with Crippen LogP contribution in [-0.4, -0.2) is 10.2 Å². The van der Waals surface area contributed by atoms with Crippen LogP contribution in [0.2, 0.25) is 10.0 Å². The summed E-state index contributed by atoms with van der Waals surface area (Å²) in [5, 5.41) is 12.1. The van der Waals surface area contributed by atoms with E-state index in [0.29, 0.717) is 15.7 Å². The maximum absolute atomic E-state index is 6.00. The molecule has 4 N–H and O–H groups in total. The summed E-state index contributed by atoms with van der Waals surface area (Å²) in [5.74, 6) is 0. The fourth-order valence-corrected chi connectivity index (χ4v) is 2.14. The first-order valence-electron chi connectivity index (χ1n) is 5.58. The highest BCUT2D eigenvalue weighted by Gasteiger charge is 2.05. The second kappa shape index (κ2) is 4.64. The number of anilines is 3. The zero-order chi connectivity index (χ0) is 13.4. The first-order chi connectivity index (χ1) is 9.13. The van der Waals surface area contributed by atoms with E-state index in [1.54, 1.807) is 18.3 Å². The zero-order valence-electron chi connectivity index (χ0n) is 9.74.